The third-order valence-electron chi connectivity index (χ3n) is 7.24. The van der Waals surface area contributed by atoms with Gasteiger partial charge >= 0.3 is 6.18 Å². The van der Waals surface area contributed by atoms with Crippen LogP contribution in [0.4, 0.5) is 23.2 Å². The summed E-state index contributed by atoms with van der Waals surface area (Å²) in [4.78, 5) is 21.5. The number of aliphatic hydroxyl groups excluding tert-OH is 1. The molecule has 6 N–H and O–H groups in total. The summed E-state index contributed by atoms with van der Waals surface area (Å²) in [6.45, 7) is 0.197. The number of carbonyl (C=O) groups is 1. The van der Waals surface area contributed by atoms with Gasteiger partial charge in [-0.3, -0.25) is 4.79 Å². The molecule has 1 aliphatic heterocycles. The number of halogens is 4. The Morgan fingerprint density at radius 3 is 2.50 bits per heavy atom. The molecule has 1 aliphatic rings. The maximum Gasteiger partial charge on any atom is 0.424 e. The maximum atomic E-state index is 14.6. The Balaban J connectivity index is 1.54. The monoisotopic (exact) mass is 585 g/mol. The van der Waals surface area contributed by atoms with Gasteiger partial charge in [0.15, 0.2) is 0 Å². The van der Waals surface area contributed by atoms with Crippen LogP contribution in [-0.4, -0.2) is 52.5 Å². The number of anilines is 1. The van der Waals surface area contributed by atoms with Crippen molar-refractivity contribution in [1.29, 1.82) is 0 Å². The van der Waals surface area contributed by atoms with Crippen molar-refractivity contribution in [3.63, 3.8) is 0 Å². The first-order valence-electron chi connectivity index (χ1n) is 12.8. The van der Waals surface area contributed by atoms with E-state index < -0.39 is 41.3 Å². The summed E-state index contributed by atoms with van der Waals surface area (Å²) in [5, 5.41) is 26.2. The Kier molecular flexibility index (Phi) is 7.29. The lowest BCUT2D eigenvalue weighted by Gasteiger charge is -2.31. The molecule has 9 nitrogen and oxygen atoms in total. The van der Waals surface area contributed by atoms with Gasteiger partial charge in [-0.15, -0.1) is 0 Å². The number of methoxy groups -OCH3 is 1. The standard InChI is InChI=1S/C29H27F4N5O4/c1-27(34)13-35-25-20(27)11-22(38-24(25)15-3-6-18(30)7-4-15)28(41,29(31,32)33)14-36-26(40)17-9-16-5-8-19(12-39)37-23(16)21(10-17)42-2/h3-11,35,39,41H,12-14,34H2,1-2H3,(H,36,40). The number of hydrogen-bond donors (Lipinski definition) is 5. The third kappa shape index (κ3) is 5.10. The molecule has 2 aromatic heterocycles. The summed E-state index contributed by atoms with van der Waals surface area (Å²) >= 11 is 0. The fraction of sp³-hybridized carbons (Fsp3) is 0.276. The van der Waals surface area contributed by atoms with E-state index in [-0.39, 0.29) is 35.7 Å². The Hall–Kier alpha value is -4.33. The van der Waals surface area contributed by atoms with Crippen molar-refractivity contribution in [3.05, 3.63) is 82.9 Å². The summed E-state index contributed by atoms with van der Waals surface area (Å²) in [7, 11) is 1.34. The average Bonchev–Trinajstić information content (AvgIpc) is 3.28. The number of pyridine rings is 2. The van der Waals surface area contributed by atoms with Crippen molar-refractivity contribution >= 4 is 22.5 Å². The second-order valence-corrected chi connectivity index (χ2v) is 10.3. The molecule has 42 heavy (non-hydrogen) atoms. The summed E-state index contributed by atoms with van der Waals surface area (Å²) in [6, 6.07) is 11.9. The van der Waals surface area contributed by atoms with Crippen LogP contribution in [0, 0.1) is 5.82 Å². The number of alkyl halides is 3. The van der Waals surface area contributed by atoms with Gasteiger partial charge in [-0.1, -0.05) is 6.07 Å². The first-order valence-corrected chi connectivity index (χ1v) is 12.8. The van der Waals surface area contributed by atoms with Crippen molar-refractivity contribution in [3.8, 4) is 17.0 Å². The predicted molar refractivity (Wildman–Crippen MR) is 146 cm³/mol. The van der Waals surface area contributed by atoms with E-state index in [0.29, 0.717) is 27.8 Å². The second kappa shape index (κ2) is 10.5. The van der Waals surface area contributed by atoms with Gasteiger partial charge in [0.1, 0.15) is 17.1 Å². The van der Waals surface area contributed by atoms with Crippen LogP contribution in [0.25, 0.3) is 22.2 Å². The summed E-state index contributed by atoms with van der Waals surface area (Å²) < 4.78 is 62.7. The number of rotatable bonds is 7. The Morgan fingerprint density at radius 2 is 1.86 bits per heavy atom. The Morgan fingerprint density at radius 1 is 1.14 bits per heavy atom. The van der Waals surface area contributed by atoms with Crippen molar-refractivity contribution in [2.75, 3.05) is 25.5 Å². The van der Waals surface area contributed by atoms with Crippen molar-refractivity contribution in [1.82, 2.24) is 15.3 Å². The topological polar surface area (TPSA) is 143 Å². The van der Waals surface area contributed by atoms with Crippen LogP contribution in [0.5, 0.6) is 5.75 Å². The van der Waals surface area contributed by atoms with E-state index in [1.54, 1.807) is 13.0 Å². The van der Waals surface area contributed by atoms with Crippen LogP contribution < -0.4 is 21.1 Å². The smallest absolute Gasteiger partial charge is 0.424 e. The number of aliphatic hydroxyl groups is 2. The molecule has 0 radical (unpaired) electrons. The first kappa shape index (κ1) is 29.2. The number of aromatic nitrogens is 2. The third-order valence-corrected chi connectivity index (χ3v) is 7.24. The fourth-order valence-corrected chi connectivity index (χ4v) is 4.83. The number of hydrogen-bond acceptors (Lipinski definition) is 8. The van der Waals surface area contributed by atoms with Crippen LogP contribution in [0.15, 0.2) is 54.6 Å². The average molecular weight is 586 g/mol. The van der Waals surface area contributed by atoms with Gasteiger partial charge in [-0.05, 0) is 55.5 Å². The lowest BCUT2D eigenvalue weighted by molar-refractivity contribution is -0.265. The molecule has 0 bridgehead atoms. The van der Waals surface area contributed by atoms with E-state index in [4.69, 9.17) is 10.5 Å². The van der Waals surface area contributed by atoms with Gasteiger partial charge in [0.05, 0.1) is 48.6 Å². The van der Waals surface area contributed by atoms with Gasteiger partial charge in [0.2, 0.25) is 5.60 Å². The van der Waals surface area contributed by atoms with Gasteiger partial charge in [0.25, 0.3) is 5.91 Å². The molecule has 0 aliphatic carbocycles. The van der Waals surface area contributed by atoms with Crippen molar-refractivity contribution < 1.29 is 37.3 Å². The van der Waals surface area contributed by atoms with E-state index in [0.717, 1.165) is 18.2 Å². The number of benzene rings is 2. The van der Waals surface area contributed by atoms with Crippen LogP contribution in [0.1, 0.15) is 34.2 Å². The summed E-state index contributed by atoms with van der Waals surface area (Å²) in [5.74, 6) is -1.31. The first-order chi connectivity index (χ1) is 19.8. The second-order valence-electron chi connectivity index (χ2n) is 10.3. The molecule has 1 amide bonds. The Bertz CT molecular complexity index is 1680. The number of amides is 1. The molecule has 13 heteroatoms. The van der Waals surface area contributed by atoms with E-state index >= 15 is 0 Å². The van der Waals surface area contributed by atoms with E-state index in [1.165, 1.54) is 37.4 Å². The fourth-order valence-electron chi connectivity index (χ4n) is 4.83. The van der Waals surface area contributed by atoms with Crippen LogP contribution in [0.3, 0.4) is 0 Å². The molecular formula is C29H27F4N5O4. The van der Waals surface area contributed by atoms with Crippen molar-refractivity contribution in [2.24, 2.45) is 5.73 Å². The van der Waals surface area contributed by atoms with Crippen LogP contribution in [-0.2, 0) is 17.7 Å². The Labute approximate surface area is 237 Å². The van der Waals surface area contributed by atoms with Crippen LogP contribution >= 0.6 is 0 Å². The van der Waals surface area contributed by atoms with Crippen LogP contribution in [0.2, 0.25) is 0 Å². The molecule has 2 unspecified atom stereocenters. The minimum absolute atomic E-state index is 0.0414. The molecular weight excluding hydrogens is 558 g/mol. The quantitative estimate of drug-likeness (QED) is 0.207. The lowest BCUT2D eigenvalue weighted by atomic mass is 9.89. The highest BCUT2D eigenvalue weighted by Crippen LogP contribution is 2.45. The van der Waals surface area contributed by atoms with E-state index in [1.807, 2.05) is 0 Å². The molecule has 2 aromatic carbocycles. The minimum Gasteiger partial charge on any atom is -0.494 e. The predicted octanol–water partition coefficient (Wildman–Crippen LogP) is 3.72. The number of nitrogens with two attached hydrogens (primary N) is 1. The summed E-state index contributed by atoms with van der Waals surface area (Å²) in [5.41, 5.74) is 2.48. The van der Waals surface area contributed by atoms with Gasteiger partial charge in [0, 0.05) is 28.6 Å². The summed E-state index contributed by atoms with van der Waals surface area (Å²) in [6.07, 6.45) is -5.27. The maximum absolute atomic E-state index is 14.6. The minimum atomic E-state index is -5.27. The van der Waals surface area contributed by atoms with Crippen molar-refractivity contribution in [2.45, 2.75) is 30.8 Å². The number of nitrogens with zero attached hydrogens (tertiary/aromatic N) is 2. The lowest BCUT2D eigenvalue weighted by Crippen LogP contribution is -2.51. The zero-order valence-corrected chi connectivity index (χ0v) is 22.5. The molecule has 0 fully saturated rings. The molecule has 4 aromatic rings. The highest BCUT2D eigenvalue weighted by Gasteiger charge is 2.57. The highest BCUT2D eigenvalue weighted by molar-refractivity contribution is 6.00. The number of carbonyl (C=O) groups excluding carboxylic acids is 1. The zero-order valence-electron chi connectivity index (χ0n) is 22.5. The molecule has 2 atom stereocenters. The van der Waals surface area contributed by atoms with Gasteiger partial charge in [-0.2, -0.15) is 13.2 Å². The van der Waals surface area contributed by atoms with E-state index in [9.17, 15) is 32.6 Å². The normalized spacial score (nSPS) is 17.8. The molecule has 0 saturated heterocycles. The van der Waals surface area contributed by atoms with Gasteiger partial charge in [-0.25, -0.2) is 14.4 Å². The molecule has 5 rings (SSSR count). The number of ether oxygens (including phenoxy) is 1. The van der Waals surface area contributed by atoms with Gasteiger partial charge < -0.3 is 31.3 Å². The molecule has 220 valence electrons. The SMILES string of the molecule is COc1cc(C(=O)NCC(O)(c2cc3c(c(-c4ccc(F)cc4)n2)NCC3(C)N)C(F)(F)F)cc2ccc(CO)nc12. The molecule has 0 spiro atoms. The van der Waals surface area contributed by atoms with E-state index in [2.05, 4.69) is 20.6 Å². The molecule has 3 heterocycles. The number of fused-ring (bicyclic) bond motifs is 2. The molecule has 0 saturated carbocycles. The highest BCUT2D eigenvalue weighted by atomic mass is 19.4. The largest absolute Gasteiger partial charge is 0.494 e. The zero-order chi connectivity index (χ0) is 30.4. The number of nitrogens with one attached hydrogen (secondary N) is 2.